The SMILES string of the molecule is Cc1cc(Nc2nc(N3CC(N)CC(N)C3)nc(N3CC(N)CC(N)C3)n2)ccc1NC(=O)c1cc2cccc(O)c2cc1O. The highest BCUT2D eigenvalue weighted by molar-refractivity contribution is 6.09. The van der Waals surface area contributed by atoms with E-state index in [2.05, 4.69) is 10.6 Å². The number of aromatic hydroxyl groups is 2. The summed E-state index contributed by atoms with van der Waals surface area (Å²) >= 11 is 0. The Kier molecular flexibility index (Phi) is 8.29. The second-order valence-corrected chi connectivity index (χ2v) is 12.1. The van der Waals surface area contributed by atoms with Crippen LogP contribution in [0, 0.1) is 6.92 Å². The van der Waals surface area contributed by atoms with Gasteiger partial charge in [0.05, 0.1) is 5.56 Å². The normalized spacial score (nSPS) is 22.0. The van der Waals surface area contributed by atoms with Crippen molar-refractivity contribution in [1.82, 2.24) is 15.0 Å². The molecule has 2 fully saturated rings. The maximum absolute atomic E-state index is 13.1. The number of phenolic OH excluding ortho intramolecular Hbond substituents is 2. The van der Waals surface area contributed by atoms with E-state index >= 15 is 0 Å². The van der Waals surface area contributed by atoms with Crippen molar-refractivity contribution in [3.8, 4) is 11.5 Å². The summed E-state index contributed by atoms with van der Waals surface area (Å²) in [6.45, 7) is 4.12. The van der Waals surface area contributed by atoms with Crippen molar-refractivity contribution in [2.24, 2.45) is 22.9 Å². The van der Waals surface area contributed by atoms with E-state index in [-0.39, 0.29) is 41.2 Å². The van der Waals surface area contributed by atoms with E-state index in [0.717, 1.165) is 18.4 Å². The van der Waals surface area contributed by atoms with Gasteiger partial charge in [-0.3, -0.25) is 4.79 Å². The Morgan fingerprint density at radius 2 is 1.40 bits per heavy atom. The largest absolute Gasteiger partial charge is 0.507 e. The number of aryl methyl sites for hydroxylation is 1. The van der Waals surface area contributed by atoms with Gasteiger partial charge in [0.2, 0.25) is 17.8 Å². The van der Waals surface area contributed by atoms with Gasteiger partial charge in [0, 0.05) is 67.1 Å². The summed E-state index contributed by atoms with van der Waals surface area (Å²) in [6.07, 6.45) is 1.45. The van der Waals surface area contributed by atoms with Crippen molar-refractivity contribution in [1.29, 1.82) is 0 Å². The molecule has 0 radical (unpaired) electrons. The van der Waals surface area contributed by atoms with Crippen LogP contribution >= 0.6 is 0 Å². The molecule has 1 amide bonds. The summed E-state index contributed by atoms with van der Waals surface area (Å²) in [5.74, 6) is 0.567. The van der Waals surface area contributed by atoms with Gasteiger partial charge in [0.15, 0.2) is 0 Å². The third-order valence-electron chi connectivity index (χ3n) is 8.16. The number of nitrogens with two attached hydrogens (primary N) is 4. The van der Waals surface area contributed by atoms with Crippen molar-refractivity contribution in [2.45, 2.75) is 43.9 Å². The van der Waals surface area contributed by atoms with Crippen molar-refractivity contribution >= 4 is 45.9 Å². The highest BCUT2D eigenvalue weighted by Crippen LogP contribution is 2.32. The molecule has 14 heteroatoms. The molecule has 3 heterocycles. The molecular formula is C31H39N11O3. The number of fused-ring (bicyclic) bond motifs is 1. The van der Waals surface area contributed by atoms with Crippen LogP contribution in [0.3, 0.4) is 0 Å². The minimum Gasteiger partial charge on any atom is -0.507 e. The lowest BCUT2D eigenvalue weighted by Crippen LogP contribution is -2.54. The average Bonchev–Trinajstić information content (AvgIpc) is 2.97. The van der Waals surface area contributed by atoms with Gasteiger partial charge in [-0.05, 0) is 67.1 Å². The number of hydrogen-bond donors (Lipinski definition) is 8. The number of aromatic nitrogens is 3. The van der Waals surface area contributed by atoms with Gasteiger partial charge in [0.1, 0.15) is 11.5 Å². The number of nitrogens with zero attached hydrogens (tertiary/aromatic N) is 5. The fraction of sp³-hybridized carbons (Fsp3) is 0.355. The molecule has 3 aromatic carbocycles. The fourth-order valence-electron chi connectivity index (χ4n) is 6.06. The van der Waals surface area contributed by atoms with Crippen LogP contribution in [-0.4, -0.2) is 81.4 Å². The third kappa shape index (κ3) is 6.68. The molecular weight excluding hydrogens is 574 g/mol. The van der Waals surface area contributed by atoms with Crippen molar-refractivity contribution in [2.75, 3.05) is 46.6 Å². The molecule has 1 aromatic heterocycles. The predicted octanol–water partition coefficient (Wildman–Crippen LogP) is 1.47. The molecule has 4 aromatic rings. The van der Waals surface area contributed by atoms with Crippen LogP contribution in [0.2, 0.25) is 0 Å². The monoisotopic (exact) mass is 613 g/mol. The number of rotatable bonds is 6. The summed E-state index contributed by atoms with van der Waals surface area (Å²) in [4.78, 5) is 31.3. The lowest BCUT2D eigenvalue weighted by atomic mass is 10.0. The summed E-state index contributed by atoms with van der Waals surface area (Å²) in [6, 6.07) is 12.9. The van der Waals surface area contributed by atoms with Crippen LogP contribution in [-0.2, 0) is 0 Å². The topological polar surface area (TPSA) is 231 Å². The standard InChI is InChI=1S/C31H39N11O3/c1-16-7-22(5-6-25(16)37-28(45)24-8-17-3-2-4-26(43)23(17)11-27(24)44)36-29-38-30(41-12-18(32)9-19(33)13-41)40-31(39-29)42-14-20(34)10-21(35)15-42/h2-8,11,18-21,43-44H,9-10,12-15,32-35H2,1H3,(H,37,45)(H,36,38,39,40). The summed E-state index contributed by atoms with van der Waals surface area (Å²) in [5, 5.41) is 27.8. The predicted molar refractivity (Wildman–Crippen MR) is 175 cm³/mol. The minimum atomic E-state index is -0.482. The van der Waals surface area contributed by atoms with Gasteiger partial charge >= 0.3 is 0 Å². The lowest BCUT2D eigenvalue weighted by Gasteiger charge is -2.37. The molecule has 45 heavy (non-hydrogen) atoms. The Morgan fingerprint density at radius 3 is 1.98 bits per heavy atom. The number of carbonyl (C=O) groups excluding carboxylic acids is 1. The van der Waals surface area contributed by atoms with Gasteiger partial charge in [-0.15, -0.1) is 0 Å². The Hall–Kier alpha value is -4.76. The van der Waals surface area contributed by atoms with Gasteiger partial charge in [0.25, 0.3) is 5.91 Å². The minimum absolute atomic E-state index is 0.0252. The number of anilines is 5. The third-order valence-corrected chi connectivity index (χ3v) is 8.16. The molecule has 2 saturated heterocycles. The molecule has 0 aliphatic carbocycles. The molecule has 12 N–H and O–H groups in total. The van der Waals surface area contributed by atoms with Gasteiger partial charge in [-0.1, -0.05) is 12.1 Å². The van der Waals surface area contributed by atoms with Crippen LogP contribution in [0.5, 0.6) is 11.5 Å². The molecule has 14 nitrogen and oxygen atoms in total. The van der Waals surface area contributed by atoms with Crippen LogP contribution in [0.4, 0.5) is 29.2 Å². The summed E-state index contributed by atoms with van der Waals surface area (Å²) in [5.41, 5.74) is 27.2. The van der Waals surface area contributed by atoms with Crippen LogP contribution < -0.4 is 43.4 Å². The Bertz CT molecular complexity index is 1670. The summed E-state index contributed by atoms with van der Waals surface area (Å²) in [7, 11) is 0. The number of hydrogen-bond acceptors (Lipinski definition) is 13. The second kappa shape index (κ2) is 12.3. The first-order valence-corrected chi connectivity index (χ1v) is 14.9. The van der Waals surface area contributed by atoms with Crippen molar-refractivity contribution in [3.63, 3.8) is 0 Å². The smallest absolute Gasteiger partial charge is 0.259 e. The highest BCUT2D eigenvalue weighted by Gasteiger charge is 2.29. The van der Waals surface area contributed by atoms with Crippen LogP contribution in [0.25, 0.3) is 10.8 Å². The van der Waals surface area contributed by atoms with Gasteiger partial charge in [-0.25, -0.2) is 0 Å². The Labute approximate surface area is 260 Å². The number of phenols is 2. The first kappa shape index (κ1) is 30.3. The zero-order valence-electron chi connectivity index (χ0n) is 25.0. The number of benzene rings is 3. The highest BCUT2D eigenvalue weighted by atomic mass is 16.3. The zero-order chi connectivity index (χ0) is 31.8. The van der Waals surface area contributed by atoms with Crippen LogP contribution in [0.1, 0.15) is 28.8 Å². The van der Waals surface area contributed by atoms with E-state index in [1.807, 2.05) is 22.8 Å². The van der Waals surface area contributed by atoms with E-state index in [0.29, 0.717) is 66.2 Å². The molecule has 236 valence electrons. The van der Waals surface area contributed by atoms with E-state index in [9.17, 15) is 15.0 Å². The second-order valence-electron chi connectivity index (χ2n) is 12.1. The molecule has 6 rings (SSSR count). The average molecular weight is 614 g/mol. The zero-order valence-corrected chi connectivity index (χ0v) is 25.0. The summed E-state index contributed by atoms with van der Waals surface area (Å²) < 4.78 is 0. The molecule has 0 bridgehead atoms. The molecule has 0 saturated carbocycles. The number of amides is 1. The first-order chi connectivity index (χ1) is 21.5. The number of nitrogens with one attached hydrogen (secondary N) is 2. The number of piperidine rings is 2. The Balaban J connectivity index is 1.25. The van der Waals surface area contributed by atoms with E-state index in [1.165, 1.54) is 12.1 Å². The maximum atomic E-state index is 13.1. The molecule has 4 atom stereocenters. The van der Waals surface area contributed by atoms with Crippen molar-refractivity contribution < 1.29 is 15.0 Å². The van der Waals surface area contributed by atoms with E-state index < -0.39 is 5.91 Å². The van der Waals surface area contributed by atoms with Crippen LogP contribution in [0.15, 0.2) is 48.5 Å². The fourth-order valence-corrected chi connectivity index (χ4v) is 6.06. The first-order valence-electron chi connectivity index (χ1n) is 14.9. The van der Waals surface area contributed by atoms with Crippen molar-refractivity contribution in [3.05, 3.63) is 59.7 Å². The number of carbonyl (C=O) groups is 1. The molecule has 4 unspecified atom stereocenters. The van der Waals surface area contributed by atoms with E-state index in [4.69, 9.17) is 37.9 Å². The molecule has 2 aliphatic heterocycles. The maximum Gasteiger partial charge on any atom is 0.259 e. The quantitative estimate of drug-likeness (QED) is 0.154. The molecule has 0 spiro atoms. The van der Waals surface area contributed by atoms with Gasteiger partial charge < -0.3 is 53.6 Å². The van der Waals surface area contributed by atoms with E-state index in [1.54, 1.807) is 30.3 Å². The Morgan fingerprint density at radius 1 is 0.800 bits per heavy atom. The lowest BCUT2D eigenvalue weighted by molar-refractivity contribution is 0.102. The molecule has 2 aliphatic rings. The van der Waals surface area contributed by atoms with Gasteiger partial charge in [-0.2, -0.15) is 15.0 Å².